The SMILES string of the molecule is Cc1cc(-c2cc(Cl)ncc2OC(F)F)c(C(=O)Nc2nnc(O[C@H]3CC[C@H](O)CC3)s2)cn1. The fraction of sp³-hybridized carbons (Fsp3) is 0.381. The molecule has 2 N–H and O–H groups in total. The molecule has 0 aliphatic heterocycles. The van der Waals surface area contributed by atoms with Crippen LogP contribution in [0.4, 0.5) is 13.9 Å². The minimum Gasteiger partial charge on any atom is -0.466 e. The smallest absolute Gasteiger partial charge is 0.387 e. The van der Waals surface area contributed by atoms with Crippen molar-refractivity contribution in [2.45, 2.75) is 51.4 Å². The van der Waals surface area contributed by atoms with Gasteiger partial charge in [0.15, 0.2) is 5.75 Å². The van der Waals surface area contributed by atoms with Crippen molar-refractivity contribution in [3.63, 3.8) is 0 Å². The molecule has 34 heavy (non-hydrogen) atoms. The maximum atomic E-state index is 13.1. The van der Waals surface area contributed by atoms with Crippen LogP contribution in [0.2, 0.25) is 5.15 Å². The number of amides is 1. The number of anilines is 1. The van der Waals surface area contributed by atoms with E-state index < -0.39 is 12.5 Å². The summed E-state index contributed by atoms with van der Waals surface area (Å²) in [5.41, 5.74) is 1.08. The summed E-state index contributed by atoms with van der Waals surface area (Å²) in [4.78, 5) is 21.0. The third-order valence-corrected chi connectivity index (χ3v) is 6.10. The highest BCUT2D eigenvalue weighted by Gasteiger charge is 2.23. The Balaban J connectivity index is 1.55. The van der Waals surface area contributed by atoms with Crippen LogP contribution in [0.25, 0.3) is 11.1 Å². The zero-order valence-electron chi connectivity index (χ0n) is 17.9. The van der Waals surface area contributed by atoms with Gasteiger partial charge in [0.25, 0.3) is 11.1 Å². The molecule has 0 spiro atoms. The summed E-state index contributed by atoms with van der Waals surface area (Å²) in [5, 5.41) is 20.7. The Hall–Kier alpha value is -2.96. The summed E-state index contributed by atoms with van der Waals surface area (Å²) in [7, 11) is 0. The number of nitrogens with one attached hydrogen (secondary N) is 1. The number of aromatic nitrogens is 4. The van der Waals surface area contributed by atoms with E-state index in [1.165, 1.54) is 12.3 Å². The lowest BCUT2D eigenvalue weighted by Gasteiger charge is -2.24. The molecule has 0 atom stereocenters. The Morgan fingerprint density at radius 2 is 1.94 bits per heavy atom. The summed E-state index contributed by atoms with van der Waals surface area (Å²) in [6, 6.07) is 2.90. The number of hydrogen-bond acceptors (Lipinski definition) is 9. The number of rotatable bonds is 7. The molecule has 1 aliphatic carbocycles. The van der Waals surface area contributed by atoms with E-state index in [-0.39, 0.29) is 44.9 Å². The molecule has 0 radical (unpaired) electrons. The lowest BCUT2D eigenvalue weighted by atomic mass is 9.95. The third kappa shape index (κ3) is 5.93. The van der Waals surface area contributed by atoms with Gasteiger partial charge in [0, 0.05) is 23.0 Å². The number of hydrogen-bond donors (Lipinski definition) is 2. The van der Waals surface area contributed by atoms with Crippen LogP contribution in [0.15, 0.2) is 24.5 Å². The molecular weight excluding hydrogens is 492 g/mol. The Morgan fingerprint density at radius 1 is 1.18 bits per heavy atom. The number of halogens is 3. The number of nitrogens with zero attached hydrogens (tertiary/aromatic N) is 4. The van der Waals surface area contributed by atoms with E-state index in [2.05, 4.69) is 30.2 Å². The second-order valence-corrected chi connectivity index (χ2v) is 8.96. The molecule has 1 saturated carbocycles. The van der Waals surface area contributed by atoms with Crippen molar-refractivity contribution in [1.29, 1.82) is 0 Å². The molecule has 0 bridgehead atoms. The quantitative estimate of drug-likeness (QED) is 0.445. The molecule has 1 aliphatic rings. The monoisotopic (exact) mass is 511 g/mol. The number of aliphatic hydroxyl groups is 1. The summed E-state index contributed by atoms with van der Waals surface area (Å²) < 4.78 is 36.2. The lowest BCUT2D eigenvalue weighted by Crippen LogP contribution is -2.26. The Bertz CT molecular complexity index is 1170. The molecular formula is C21H20ClF2N5O4S. The minimum atomic E-state index is -3.09. The number of aryl methyl sites for hydroxylation is 1. The van der Waals surface area contributed by atoms with Gasteiger partial charge in [0.1, 0.15) is 11.3 Å². The average Bonchev–Trinajstić information content (AvgIpc) is 3.22. The molecule has 180 valence electrons. The van der Waals surface area contributed by atoms with E-state index in [9.17, 15) is 18.7 Å². The molecule has 0 aromatic carbocycles. The first kappa shape index (κ1) is 24.2. The largest absolute Gasteiger partial charge is 0.466 e. The van der Waals surface area contributed by atoms with Crippen molar-refractivity contribution in [2.24, 2.45) is 0 Å². The number of alkyl halides is 2. The molecule has 0 saturated heterocycles. The van der Waals surface area contributed by atoms with Crippen molar-refractivity contribution in [2.75, 3.05) is 5.32 Å². The molecule has 3 heterocycles. The zero-order valence-corrected chi connectivity index (χ0v) is 19.4. The first-order valence-electron chi connectivity index (χ1n) is 10.4. The standard InChI is InChI=1S/C21H20ClF2N5O4S/c1-10-6-13(14-7-17(22)26-9-16(14)33-19(23)24)15(8-25-10)18(31)27-20-28-29-21(34-20)32-12-4-2-11(30)3-5-12/h6-9,11-12,19,30H,2-5H2,1H3,(H,27,28,31)/t11-,12-. The van der Waals surface area contributed by atoms with E-state index >= 15 is 0 Å². The molecule has 3 aromatic rings. The number of ether oxygens (including phenoxy) is 2. The van der Waals surface area contributed by atoms with Gasteiger partial charge in [-0.25, -0.2) is 4.98 Å². The predicted molar refractivity (Wildman–Crippen MR) is 121 cm³/mol. The third-order valence-electron chi connectivity index (χ3n) is 5.16. The van der Waals surface area contributed by atoms with Gasteiger partial charge in [-0.1, -0.05) is 16.7 Å². The van der Waals surface area contributed by atoms with Gasteiger partial charge in [-0.15, -0.1) is 5.10 Å². The number of pyridine rings is 2. The summed E-state index contributed by atoms with van der Waals surface area (Å²) >= 11 is 7.04. The lowest BCUT2D eigenvalue weighted by molar-refractivity contribution is -0.0496. The van der Waals surface area contributed by atoms with Gasteiger partial charge < -0.3 is 14.6 Å². The van der Waals surface area contributed by atoms with Gasteiger partial charge in [-0.3, -0.25) is 15.1 Å². The van der Waals surface area contributed by atoms with Crippen LogP contribution in [-0.4, -0.2) is 50.0 Å². The normalized spacial score (nSPS) is 18.1. The van der Waals surface area contributed by atoms with E-state index in [0.717, 1.165) is 17.5 Å². The molecule has 9 nitrogen and oxygen atoms in total. The highest BCUT2D eigenvalue weighted by atomic mass is 35.5. The molecule has 13 heteroatoms. The van der Waals surface area contributed by atoms with Gasteiger partial charge in [-0.05, 0) is 56.1 Å². The maximum Gasteiger partial charge on any atom is 0.387 e. The first-order valence-corrected chi connectivity index (χ1v) is 11.5. The Labute approximate surface area is 202 Å². The van der Waals surface area contributed by atoms with E-state index in [0.29, 0.717) is 36.6 Å². The number of aliphatic hydroxyl groups excluding tert-OH is 1. The van der Waals surface area contributed by atoms with Crippen LogP contribution in [0.5, 0.6) is 10.9 Å². The van der Waals surface area contributed by atoms with Crippen molar-refractivity contribution >= 4 is 34.0 Å². The molecule has 1 amide bonds. The van der Waals surface area contributed by atoms with Gasteiger partial charge in [0.2, 0.25) is 5.13 Å². The molecule has 0 unspecified atom stereocenters. The highest BCUT2D eigenvalue weighted by molar-refractivity contribution is 7.17. The van der Waals surface area contributed by atoms with Crippen molar-refractivity contribution in [3.05, 3.63) is 40.9 Å². The van der Waals surface area contributed by atoms with E-state index in [4.69, 9.17) is 16.3 Å². The highest BCUT2D eigenvalue weighted by Crippen LogP contribution is 2.35. The topological polar surface area (TPSA) is 119 Å². The van der Waals surface area contributed by atoms with Crippen molar-refractivity contribution in [3.8, 4) is 22.1 Å². The fourth-order valence-corrected chi connectivity index (χ4v) is 4.37. The second-order valence-electron chi connectivity index (χ2n) is 7.63. The van der Waals surface area contributed by atoms with Gasteiger partial charge >= 0.3 is 6.61 Å². The van der Waals surface area contributed by atoms with Crippen LogP contribution in [-0.2, 0) is 0 Å². The average molecular weight is 512 g/mol. The van der Waals surface area contributed by atoms with Crippen molar-refractivity contribution < 1.29 is 28.2 Å². The van der Waals surface area contributed by atoms with Gasteiger partial charge in [0.05, 0.1) is 17.9 Å². The second kappa shape index (κ2) is 10.5. The van der Waals surface area contributed by atoms with Crippen LogP contribution >= 0.6 is 22.9 Å². The number of carbonyl (C=O) groups is 1. The summed E-state index contributed by atoms with van der Waals surface area (Å²) in [6.45, 7) is -1.39. The van der Waals surface area contributed by atoms with Crippen LogP contribution < -0.4 is 14.8 Å². The van der Waals surface area contributed by atoms with Crippen LogP contribution in [0.1, 0.15) is 41.7 Å². The van der Waals surface area contributed by atoms with E-state index in [1.807, 2.05) is 0 Å². The molecule has 4 rings (SSSR count). The Morgan fingerprint density at radius 3 is 2.68 bits per heavy atom. The maximum absolute atomic E-state index is 13.1. The number of carbonyl (C=O) groups excluding carboxylic acids is 1. The summed E-state index contributed by atoms with van der Waals surface area (Å²) in [6.07, 6.45) is 4.75. The van der Waals surface area contributed by atoms with Crippen LogP contribution in [0.3, 0.4) is 0 Å². The summed E-state index contributed by atoms with van der Waals surface area (Å²) in [5.74, 6) is -0.815. The first-order chi connectivity index (χ1) is 16.3. The van der Waals surface area contributed by atoms with Crippen molar-refractivity contribution in [1.82, 2.24) is 20.2 Å². The zero-order chi connectivity index (χ0) is 24.2. The molecule has 3 aromatic heterocycles. The Kier molecular flexibility index (Phi) is 7.49. The molecule has 1 fully saturated rings. The minimum absolute atomic E-state index is 0.0404. The fourth-order valence-electron chi connectivity index (χ4n) is 3.56. The van der Waals surface area contributed by atoms with Crippen LogP contribution in [0, 0.1) is 6.92 Å². The van der Waals surface area contributed by atoms with Gasteiger partial charge in [-0.2, -0.15) is 8.78 Å². The van der Waals surface area contributed by atoms with E-state index in [1.54, 1.807) is 13.0 Å². The predicted octanol–water partition coefficient (Wildman–Crippen LogP) is 4.49.